The second-order valence-corrected chi connectivity index (χ2v) is 8.13. The Labute approximate surface area is 177 Å². The number of aryl methyl sites for hydroxylation is 1. The molecule has 1 aromatic carbocycles. The van der Waals surface area contributed by atoms with Crippen molar-refractivity contribution in [3.05, 3.63) is 70.2 Å². The monoisotopic (exact) mass is 428 g/mol. The van der Waals surface area contributed by atoms with E-state index in [0.29, 0.717) is 22.1 Å². The Balaban J connectivity index is 1.47. The van der Waals surface area contributed by atoms with Crippen LogP contribution in [0.1, 0.15) is 39.9 Å². The number of nitrogens with one attached hydrogen (secondary N) is 2. The summed E-state index contributed by atoms with van der Waals surface area (Å²) in [6.45, 7) is 1.88. The Morgan fingerprint density at radius 3 is 2.77 bits per heavy atom. The molecule has 2 N–H and O–H groups in total. The number of ether oxygens (including phenoxy) is 1. The van der Waals surface area contributed by atoms with Crippen LogP contribution >= 0.6 is 11.3 Å². The third-order valence-electron chi connectivity index (χ3n) is 4.88. The zero-order valence-corrected chi connectivity index (χ0v) is 17.2. The van der Waals surface area contributed by atoms with Crippen LogP contribution in [0, 0.1) is 5.82 Å². The minimum absolute atomic E-state index is 0.242. The molecule has 4 rings (SSSR count). The van der Waals surface area contributed by atoms with Crippen molar-refractivity contribution >= 4 is 28.2 Å². The largest absolute Gasteiger partial charge is 0.481 e. The molecule has 0 spiro atoms. The van der Waals surface area contributed by atoms with Crippen LogP contribution in [0.5, 0.6) is 5.75 Å². The number of carbonyl (C=O) groups excluding carboxylic acids is 2. The highest BCUT2D eigenvalue weighted by molar-refractivity contribution is 7.17. The van der Waals surface area contributed by atoms with E-state index in [-0.39, 0.29) is 24.2 Å². The van der Waals surface area contributed by atoms with E-state index in [1.807, 2.05) is 0 Å². The Morgan fingerprint density at radius 2 is 2.03 bits per heavy atom. The van der Waals surface area contributed by atoms with E-state index < -0.39 is 6.10 Å². The van der Waals surface area contributed by atoms with Crippen molar-refractivity contribution in [1.82, 2.24) is 5.32 Å². The highest BCUT2D eigenvalue weighted by Crippen LogP contribution is 2.39. The maximum atomic E-state index is 13.0. The molecule has 0 saturated heterocycles. The predicted molar refractivity (Wildman–Crippen MR) is 111 cm³/mol. The van der Waals surface area contributed by atoms with Gasteiger partial charge in [-0.15, -0.1) is 11.3 Å². The van der Waals surface area contributed by atoms with Crippen molar-refractivity contribution in [2.24, 2.45) is 0 Å². The molecule has 2 amide bonds. The van der Waals surface area contributed by atoms with E-state index in [1.165, 1.54) is 35.6 Å². The smallest absolute Gasteiger partial charge is 0.265 e. The van der Waals surface area contributed by atoms with Gasteiger partial charge >= 0.3 is 0 Å². The van der Waals surface area contributed by atoms with E-state index in [4.69, 9.17) is 9.15 Å². The van der Waals surface area contributed by atoms with Crippen LogP contribution in [0.3, 0.4) is 0 Å². The Bertz CT molecular complexity index is 1040. The van der Waals surface area contributed by atoms with Crippen LogP contribution in [0.15, 0.2) is 47.1 Å². The van der Waals surface area contributed by atoms with Crippen LogP contribution in [0.2, 0.25) is 0 Å². The van der Waals surface area contributed by atoms with E-state index in [9.17, 15) is 14.0 Å². The Kier molecular flexibility index (Phi) is 5.85. The first kappa shape index (κ1) is 20.2. The lowest BCUT2D eigenvalue weighted by Gasteiger charge is -2.15. The number of anilines is 1. The van der Waals surface area contributed by atoms with Gasteiger partial charge in [-0.25, -0.2) is 4.39 Å². The fourth-order valence-corrected chi connectivity index (χ4v) is 4.68. The van der Waals surface area contributed by atoms with Gasteiger partial charge in [0.05, 0.1) is 18.4 Å². The van der Waals surface area contributed by atoms with E-state index in [2.05, 4.69) is 10.6 Å². The van der Waals surface area contributed by atoms with Crippen molar-refractivity contribution in [3.8, 4) is 5.75 Å². The first-order valence-corrected chi connectivity index (χ1v) is 10.5. The van der Waals surface area contributed by atoms with Gasteiger partial charge in [-0.1, -0.05) is 0 Å². The molecule has 0 saturated carbocycles. The molecule has 1 aliphatic rings. The number of thiophene rings is 1. The first-order valence-electron chi connectivity index (χ1n) is 9.69. The Morgan fingerprint density at radius 1 is 1.23 bits per heavy atom. The summed E-state index contributed by atoms with van der Waals surface area (Å²) in [5.74, 6) is 0.0524. The van der Waals surface area contributed by atoms with Crippen molar-refractivity contribution in [1.29, 1.82) is 0 Å². The van der Waals surface area contributed by atoms with Gasteiger partial charge in [0.15, 0.2) is 6.10 Å². The summed E-state index contributed by atoms with van der Waals surface area (Å²) in [6.07, 6.45) is 3.45. The topological polar surface area (TPSA) is 80.6 Å². The molecule has 0 aliphatic heterocycles. The third kappa shape index (κ3) is 4.38. The fourth-order valence-electron chi connectivity index (χ4n) is 3.39. The molecule has 6 nitrogen and oxygen atoms in total. The van der Waals surface area contributed by atoms with Crippen molar-refractivity contribution < 1.29 is 23.1 Å². The lowest BCUT2D eigenvalue weighted by molar-refractivity contribution is -0.122. The highest BCUT2D eigenvalue weighted by Gasteiger charge is 2.28. The van der Waals surface area contributed by atoms with E-state index in [1.54, 1.807) is 25.3 Å². The molecule has 0 fully saturated rings. The molecule has 156 valence electrons. The highest BCUT2D eigenvalue weighted by atomic mass is 32.1. The number of halogens is 1. The molecule has 8 heteroatoms. The number of furan rings is 1. The maximum absolute atomic E-state index is 13.0. The number of rotatable bonds is 7. The second kappa shape index (κ2) is 8.71. The van der Waals surface area contributed by atoms with Crippen LogP contribution < -0.4 is 15.4 Å². The van der Waals surface area contributed by atoms with Gasteiger partial charge in [-0.2, -0.15) is 0 Å². The van der Waals surface area contributed by atoms with Crippen molar-refractivity contribution in [3.63, 3.8) is 0 Å². The number of amides is 2. The zero-order valence-electron chi connectivity index (χ0n) is 16.4. The van der Waals surface area contributed by atoms with Gasteiger partial charge in [0, 0.05) is 4.88 Å². The van der Waals surface area contributed by atoms with Gasteiger partial charge in [-0.05, 0) is 68.1 Å². The van der Waals surface area contributed by atoms with Crippen LogP contribution in [0.25, 0.3) is 0 Å². The fraction of sp³-hybridized carbons (Fsp3) is 0.273. The molecule has 2 aromatic heterocycles. The minimum Gasteiger partial charge on any atom is -0.481 e. The SMILES string of the molecule is C[C@H](Oc1ccc(F)cc1)C(=O)Nc1sc2c(c1C(=O)NCc1ccco1)CCC2. The molecule has 2 heterocycles. The average Bonchev–Trinajstić information content (AvgIpc) is 3.45. The molecular formula is C22H21FN2O4S. The number of carbonyl (C=O) groups is 2. The lowest BCUT2D eigenvalue weighted by Crippen LogP contribution is -2.31. The quantitative estimate of drug-likeness (QED) is 0.588. The summed E-state index contributed by atoms with van der Waals surface area (Å²) in [7, 11) is 0. The standard InChI is InChI=1S/C22H21FN2O4S/c1-13(29-15-9-7-14(23)8-10-15)20(26)25-22-19(17-5-2-6-18(17)30-22)21(27)24-12-16-4-3-11-28-16/h3-4,7-11,13H,2,5-6,12H2,1H3,(H,24,27)(H,25,26)/t13-/m0/s1. The lowest BCUT2D eigenvalue weighted by atomic mass is 10.1. The summed E-state index contributed by atoms with van der Waals surface area (Å²) in [6, 6.07) is 9.02. The second-order valence-electron chi connectivity index (χ2n) is 7.03. The predicted octanol–water partition coefficient (Wildman–Crippen LogP) is 4.30. The summed E-state index contributed by atoms with van der Waals surface area (Å²) in [4.78, 5) is 26.7. The van der Waals surface area contributed by atoms with Gasteiger partial charge in [0.2, 0.25) is 0 Å². The summed E-state index contributed by atoms with van der Waals surface area (Å²) < 4.78 is 23.9. The molecule has 0 radical (unpaired) electrons. The molecule has 30 heavy (non-hydrogen) atoms. The van der Waals surface area contributed by atoms with Gasteiger partial charge in [-0.3, -0.25) is 9.59 Å². The summed E-state index contributed by atoms with van der Waals surface area (Å²) >= 11 is 1.43. The maximum Gasteiger partial charge on any atom is 0.265 e. The molecular weight excluding hydrogens is 407 g/mol. The summed E-state index contributed by atoms with van der Waals surface area (Å²) in [5, 5.41) is 6.23. The van der Waals surface area contributed by atoms with Crippen LogP contribution in [-0.2, 0) is 24.2 Å². The number of hydrogen-bond donors (Lipinski definition) is 2. The number of hydrogen-bond acceptors (Lipinski definition) is 5. The molecule has 1 aliphatic carbocycles. The van der Waals surface area contributed by atoms with E-state index in [0.717, 1.165) is 29.7 Å². The molecule has 1 atom stereocenters. The van der Waals surface area contributed by atoms with Gasteiger partial charge < -0.3 is 19.8 Å². The van der Waals surface area contributed by atoms with Gasteiger partial charge in [0.1, 0.15) is 22.3 Å². The minimum atomic E-state index is -0.813. The zero-order chi connectivity index (χ0) is 21.1. The first-order chi connectivity index (χ1) is 14.5. The van der Waals surface area contributed by atoms with Crippen molar-refractivity contribution in [2.75, 3.05) is 5.32 Å². The Hall–Kier alpha value is -3.13. The van der Waals surface area contributed by atoms with Crippen LogP contribution in [-0.4, -0.2) is 17.9 Å². The van der Waals surface area contributed by atoms with Crippen LogP contribution in [0.4, 0.5) is 9.39 Å². The average molecular weight is 428 g/mol. The number of benzene rings is 1. The third-order valence-corrected chi connectivity index (χ3v) is 6.09. The normalized spacial score (nSPS) is 13.5. The van der Waals surface area contributed by atoms with Crippen molar-refractivity contribution in [2.45, 2.75) is 38.8 Å². The summed E-state index contributed by atoms with van der Waals surface area (Å²) in [5.41, 5.74) is 1.51. The van der Waals surface area contributed by atoms with E-state index >= 15 is 0 Å². The molecule has 0 unspecified atom stereocenters. The molecule has 3 aromatic rings. The van der Waals surface area contributed by atoms with Gasteiger partial charge in [0.25, 0.3) is 11.8 Å². The number of fused-ring (bicyclic) bond motifs is 1. The molecule has 0 bridgehead atoms.